The third kappa shape index (κ3) is 4.42. The lowest BCUT2D eigenvalue weighted by Gasteiger charge is -2.35. The fourth-order valence-electron chi connectivity index (χ4n) is 3.58. The highest BCUT2D eigenvalue weighted by Crippen LogP contribution is 2.25. The largest absolute Gasteiger partial charge is 0.507 e. The number of ketones is 1. The fourth-order valence-corrected chi connectivity index (χ4v) is 3.58. The predicted molar refractivity (Wildman–Crippen MR) is 112 cm³/mol. The molecule has 28 heavy (non-hydrogen) atoms. The van der Waals surface area contributed by atoms with Gasteiger partial charge in [-0.3, -0.25) is 4.79 Å². The van der Waals surface area contributed by atoms with Crippen LogP contribution >= 0.6 is 0 Å². The second-order valence-electron chi connectivity index (χ2n) is 7.29. The van der Waals surface area contributed by atoms with Crippen molar-refractivity contribution in [3.63, 3.8) is 0 Å². The number of hydrogen-bond donors (Lipinski definition) is 1. The standard InChI is InChI=1S/C23H27FN2O2/c1-4-25-9-11-26(12-10-25)21-7-6-19(15-20(21)24)22(27)8-5-18-13-16(2)23(28)17(3)14-18/h5-8,13-15,28H,4,9-12H2,1-3H3/b8-5+. The summed E-state index contributed by atoms with van der Waals surface area (Å²) in [5, 5.41) is 9.84. The van der Waals surface area contributed by atoms with E-state index >= 15 is 0 Å². The van der Waals surface area contributed by atoms with Gasteiger partial charge in [-0.1, -0.05) is 13.0 Å². The number of nitrogens with zero attached hydrogens (tertiary/aromatic N) is 2. The van der Waals surface area contributed by atoms with Gasteiger partial charge in [-0.25, -0.2) is 4.39 Å². The highest BCUT2D eigenvalue weighted by atomic mass is 19.1. The zero-order valence-electron chi connectivity index (χ0n) is 16.7. The van der Waals surface area contributed by atoms with Gasteiger partial charge in [0.05, 0.1) is 5.69 Å². The lowest BCUT2D eigenvalue weighted by molar-refractivity contribution is 0.104. The summed E-state index contributed by atoms with van der Waals surface area (Å²) in [5.74, 6) is -0.342. The molecule has 2 aromatic rings. The molecule has 5 heteroatoms. The highest BCUT2D eigenvalue weighted by molar-refractivity contribution is 6.07. The summed E-state index contributed by atoms with van der Waals surface area (Å²) in [4.78, 5) is 16.8. The van der Waals surface area contributed by atoms with Gasteiger partial charge in [-0.2, -0.15) is 0 Å². The number of phenols is 1. The number of hydrogen-bond acceptors (Lipinski definition) is 4. The Hall–Kier alpha value is -2.66. The Balaban J connectivity index is 1.72. The molecule has 0 atom stereocenters. The Bertz CT molecular complexity index is 876. The minimum atomic E-state index is -0.361. The van der Waals surface area contributed by atoms with Gasteiger partial charge in [0.25, 0.3) is 0 Å². The summed E-state index contributed by atoms with van der Waals surface area (Å²) in [7, 11) is 0. The molecule has 0 bridgehead atoms. The van der Waals surface area contributed by atoms with E-state index in [9.17, 15) is 14.3 Å². The molecule has 1 fully saturated rings. The maximum absolute atomic E-state index is 14.6. The lowest BCUT2D eigenvalue weighted by atomic mass is 10.0. The zero-order chi connectivity index (χ0) is 20.3. The molecule has 3 rings (SSSR count). The van der Waals surface area contributed by atoms with Crippen molar-refractivity contribution in [3.8, 4) is 5.75 Å². The van der Waals surface area contributed by atoms with Gasteiger partial charge >= 0.3 is 0 Å². The third-order valence-electron chi connectivity index (χ3n) is 5.33. The summed E-state index contributed by atoms with van der Waals surface area (Å²) in [6, 6.07) is 8.33. The molecule has 2 aromatic carbocycles. The van der Waals surface area contributed by atoms with Crippen molar-refractivity contribution in [2.75, 3.05) is 37.6 Å². The first kappa shape index (κ1) is 20.1. The average Bonchev–Trinajstić information content (AvgIpc) is 2.70. The molecule has 1 heterocycles. The number of piperazine rings is 1. The van der Waals surface area contributed by atoms with Gasteiger partial charge in [0.15, 0.2) is 5.78 Å². The van der Waals surface area contributed by atoms with Crippen LogP contribution in [0.5, 0.6) is 5.75 Å². The number of aryl methyl sites for hydroxylation is 2. The smallest absolute Gasteiger partial charge is 0.185 e. The van der Waals surface area contributed by atoms with E-state index in [1.807, 2.05) is 30.9 Å². The van der Waals surface area contributed by atoms with Crippen LogP contribution in [0.3, 0.4) is 0 Å². The number of allylic oxidation sites excluding steroid dienone is 1. The van der Waals surface area contributed by atoms with Gasteiger partial charge < -0.3 is 14.9 Å². The van der Waals surface area contributed by atoms with E-state index in [1.54, 1.807) is 18.2 Å². The van der Waals surface area contributed by atoms with Gasteiger partial charge in [-0.15, -0.1) is 0 Å². The number of carbonyl (C=O) groups is 1. The number of benzene rings is 2. The fraction of sp³-hybridized carbons (Fsp3) is 0.348. The van der Waals surface area contributed by atoms with Crippen LogP contribution in [0.2, 0.25) is 0 Å². The molecule has 0 amide bonds. The average molecular weight is 382 g/mol. The van der Waals surface area contributed by atoms with Crippen LogP contribution in [-0.2, 0) is 0 Å². The van der Waals surface area contributed by atoms with Crippen molar-refractivity contribution < 1.29 is 14.3 Å². The van der Waals surface area contributed by atoms with Crippen molar-refractivity contribution in [3.05, 3.63) is 64.5 Å². The number of carbonyl (C=O) groups excluding carboxylic acids is 1. The van der Waals surface area contributed by atoms with E-state index in [-0.39, 0.29) is 17.3 Å². The molecule has 1 N–H and O–H groups in total. The van der Waals surface area contributed by atoms with Crippen LogP contribution in [0.25, 0.3) is 6.08 Å². The molecular formula is C23H27FN2O2. The second-order valence-corrected chi connectivity index (χ2v) is 7.29. The molecule has 1 saturated heterocycles. The number of aromatic hydroxyl groups is 1. The minimum absolute atomic E-state index is 0.246. The Morgan fingerprint density at radius 1 is 1.11 bits per heavy atom. The topological polar surface area (TPSA) is 43.8 Å². The van der Waals surface area contributed by atoms with E-state index in [2.05, 4.69) is 11.8 Å². The van der Waals surface area contributed by atoms with E-state index in [0.29, 0.717) is 11.3 Å². The molecule has 148 valence electrons. The van der Waals surface area contributed by atoms with Crippen LogP contribution < -0.4 is 4.90 Å². The van der Waals surface area contributed by atoms with Crippen LogP contribution in [0.15, 0.2) is 36.4 Å². The van der Waals surface area contributed by atoms with E-state index in [0.717, 1.165) is 49.4 Å². The number of likely N-dealkylation sites (N-methyl/N-ethyl adjacent to an activating group) is 1. The first-order valence-corrected chi connectivity index (χ1v) is 9.68. The Morgan fingerprint density at radius 2 is 1.75 bits per heavy atom. The summed E-state index contributed by atoms with van der Waals surface area (Å²) >= 11 is 0. The quantitative estimate of drug-likeness (QED) is 0.622. The predicted octanol–water partition coefficient (Wildman–Crippen LogP) is 4.19. The van der Waals surface area contributed by atoms with Crippen molar-refractivity contribution in [2.24, 2.45) is 0 Å². The van der Waals surface area contributed by atoms with Crippen LogP contribution in [0, 0.1) is 19.7 Å². The first-order valence-electron chi connectivity index (χ1n) is 9.68. The molecule has 0 saturated carbocycles. The van der Waals surface area contributed by atoms with E-state index in [4.69, 9.17) is 0 Å². The summed E-state index contributed by atoms with van der Waals surface area (Å²) in [6.45, 7) is 10.2. The summed E-state index contributed by atoms with van der Waals surface area (Å²) in [5.41, 5.74) is 3.22. The number of phenolic OH excluding ortho intramolecular Hbond substituents is 1. The van der Waals surface area contributed by atoms with Gasteiger partial charge in [-0.05, 0) is 73.5 Å². The van der Waals surface area contributed by atoms with Crippen LogP contribution in [-0.4, -0.2) is 48.5 Å². The van der Waals surface area contributed by atoms with Crippen molar-refractivity contribution in [1.29, 1.82) is 0 Å². The molecule has 0 aliphatic carbocycles. The molecule has 0 radical (unpaired) electrons. The van der Waals surface area contributed by atoms with Crippen LogP contribution in [0.4, 0.5) is 10.1 Å². The molecule has 4 nitrogen and oxygen atoms in total. The van der Waals surface area contributed by atoms with Gasteiger partial charge in [0.2, 0.25) is 0 Å². The van der Waals surface area contributed by atoms with Crippen molar-refractivity contribution >= 4 is 17.5 Å². The molecular weight excluding hydrogens is 355 g/mol. The lowest BCUT2D eigenvalue weighted by Crippen LogP contribution is -2.46. The number of halogens is 1. The number of rotatable bonds is 5. The maximum Gasteiger partial charge on any atom is 0.185 e. The summed E-state index contributed by atoms with van der Waals surface area (Å²) in [6.07, 6.45) is 3.14. The SMILES string of the molecule is CCN1CCN(c2ccc(C(=O)/C=C/c3cc(C)c(O)c(C)c3)cc2F)CC1. The number of anilines is 1. The van der Waals surface area contributed by atoms with E-state index < -0.39 is 0 Å². The first-order chi connectivity index (χ1) is 13.4. The van der Waals surface area contributed by atoms with Crippen LogP contribution in [0.1, 0.15) is 34.0 Å². The second kappa shape index (κ2) is 8.57. The molecule has 1 aliphatic heterocycles. The monoisotopic (exact) mass is 382 g/mol. The van der Waals surface area contributed by atoms with Crippen molar-refractivity contribution in [2.45, 2.75) is 20.8 Å². The Morgan fingerprint density at radius 3 is 2.32 bits per heavy atom. The zero-order valence-corrected chi connectivity index (χ0v) is 16.7. The summed E-state index contributed by atoms with van der Waals surface area (Å²) < 4.78 is 14.6. The molecule has 0 spiro atoms. The Kier molecular flexibility index (Phi) is 6.15. The van der Waals surface area contributed by atoms with Gasteiger partial charge in [0, 0.05) is 31.7 Å². The molecule has 0 aromatic heterocycles. The molecule has 1 aliphatic rings. The molecule has 0 unspecified atom stereocenters. The normalized spacial score (nSPS) is 15.4. The Labute approximate surface area is 165 Å². The highest BCUT2D eigenvalue weighted by Gasteiger charge is 2.19. The maximum atomic E-state index is 14.6. The van der Waals surface area contributed by atoms with Gasteiger partial charge in [0.1, 0.15) is 11.6 Å². The third-order valence-corrected chi connectivity index (χ3v) is 5.33. The van der Waals surface area contributed by atoms with Crippen molar-refractivity contribution in [1.82, 2.24) is 4.90 Å². The minimum Gasteiger partial charge on any atom is -0.507 e. The van der Waals surface area contributed by atoms with E-state index in [1.165, 1.54) is 12.1 Å².